The summed E-state index contributed by atoms with van der Waals surface area (Å²) in [4.78, 5) is 22.6. The van der Waals surface area contributed by atoms with Crippen molar-refractivity contribution in [1.29, 1.82) is 0 Å². The van der Waals surface area contributed by atoms with Crippen LogP contribution in [0, 0.1) is 11.8 Å². The molecule has 0 fully saturated rings. The second-order valence-electron chi connectivity index (χ2n) is 4.70. The number of nitrogens with two attached hydrogens (primary N) is 1. The predicted octanol–water partition coefficient (Wildman–Crippen LogP) is 0.244. The lowest BCUT2D eigenvalue weighted by molar-refractivity contribution is 0.0701. The average molecular weight is 281 g/mol. The molecule has 0 atom stereocenters. The fourth-order valence-corrected chi connectivity index (χ4v) is 2.26. The molecule has 2 N–H and O–H groups in total. The number of carbonyl (C=O) groups is 1. The maximum absolute atomic E-state index is 12.4. The molecule has 0 saturated heterocycles. The number of imidazole rings is 1. The highest BCUT2D eigenvalue weighted by molar-refractivity contribution is 5.92. The van der Waals surface area contributed by atoms with Crippen molar-refractivity contribution in [3.63, 3.8) is 0 Å². The third-order valence-corrected chi connectivity index (χ3v) is 3.35. The van der Waals surface area contributed by atoms with E-state index in [-0.39, 0.29) is 5.91 Å². The van der Waals surface area contributed by atoms with E-state index in [1.807, 2.05) is 6.20 Å². The number of rotatable bonds is 1. The van der Waals surface area contributed by atoms with Gasteiger partial charge in [0.05, 0.1) is 13.1 Å². The smallest absolute Gasteiger partial charge is 0.272 e. The zero-order valence-corrected chi connectivity index (χ0v) is 11.5. The van der Waals surface area contributed by atoms with Crippen LogP contribution in [0.1, 0.15) is 21.9 Å². The van der Waals surface area contributed by atoms with Gasteiger partial charge in [-0.25, -0.2) is 9.97 Å². The standard InChI is InChI=1S/C15H15N5O/c16-5-1-2-12-3-4-13(18-10-12)15(21)20-9-8-19-7-6-17-14(19)11-20/h3-4,6-7,10H,5,8-9,11,16H2. The Kier molecular flexibility index (Phi) is 3.67. The Labute approximate surface area is 122 Å². The number of carbonyl (C=O) groups excluding carboxylic acids is 1. The Bertz CT molecular complexity index is 708. The first-order valence-corrected chi connectivity index (χ1v) is 6.72. The largest absolute Gasteiger partial charge is 0.332 e. The third-order valence-electron chi connectivity index (χ3n) is 3.35. The maximum Gasteiger partial charge on any atom is 0.272 e. The van der Waals surface area contributed by atoms with Gasteiger partial charge in [0, 0.05) is 37.2 Å². The minimum Gasteiger partial charge on any atom is -0.332 e. The molecule has 6 heteroatoms. The van der Waals surface area contributed by atoms with Crippen LogP contribution in [0.5, 0.6) is 0 Å². The molecule has 1 aliphatic rings. The molecular weight excluding hydrogens is 266 g/mol. The fraction of sp³-hybridized carbons (Fsp3) is 0.267. The van der Waals surface area contributed by atoms with Crippen molar-refractivity contribution >= 4 is 5.91 Å². The van der Waals surface area contributed by atoms with Gasteiger partial charge in [-0.05, 0) is 12.1 Å². The maximum atomic E-state index is 12.4. The van der Waals surface area contributed by atoms with Crippen molar-refractivity contribution < 1.29 is 4.79 Å². The molecule has 1 aliphatic heterocycles. The molecule has 2 aromatic heterocycles. The van der Waals surface area contributed by atoms with E-state index in [2.05, 4.69) is 26.4 Å². The van der Waals surface area contributed by atoms with Crippen molar-refractivity contribution in [1.82, 2.24) is 19.4 Å². The van der Waals surface area contributed by atoms with Gasteiger partial charge < -0.3 is 15.2 Å². The molecule has 21 heavy (non-hydrogen) atoms. The van der Waals surface area contributed by atoms with Gasteiger partial charge in [0.15, 0.2) is 0 Å². The van der Waals surface area contributed by atoms with Crippen molar-refractivity contribution in [2.24, 2.45) is 5.73 Å². The van der Waals surface area contributed by atoms with Gasteiger partial charge in [-0.1, -0.05) is 11.8 Å². The van der Waals surface area contributed by atoms with Crippen LogP contribution in [0.25, 0.3) is 0 Å². The van der Waals surface area contributed by atoms with E-state index in [1.165, 1.54) is 0 Å². The molecule has 0 bridgehead atoms. The van der Waals surface area contributed by atoms with Gasteiger partial charge in [0.1, 0.15) is 11.5 Å². The minimum absolute atomic E-state index is 0.0809. The molecule has 3 rings (SSSR count). The van der Waals surface area contributed by atoms with E-state index in [4.69, 9.17) is 5.73 Å². The summed E-state index contributed by atoms with van der Waals surface area (Å²) in [5.41, 5.74) is 6.50. The topological polar surface area (TPSA) is 77.0 Å². The highest BCUT2D eigenvalue weighted by Crippen LogP contribution is 2.13. The summed E-state index contributed by atoms with van der Waals surface area (Å²) in [5, 5.41) is 0. The summed E-state index contributed by atoms with van der Waals surface area (Å²) < 4.78 is 2.06. The first-order valence-electron chi connectivity index (χ1n) is 6.72. The second kappa shape index (κ2) is 5.77. The van der Waals surface area contributed by atoms with Crippen molar-refractivity contribution in [3.05, 3.63) is 47.8 Å². The summed E-state index contributed by atoms with van der Waals surface area (Å²) in [6, 6.07) is 3.48. The lowest BCUT2D eigenvalue weighted by atomic mass is 10.2. The normalized spacial score (nSPS) is 13.3. The van der Waals surface area contributed by atoms with E-state index in [9.17, 15) is 4.79 Å². The first-order chi connectivity index (χ1) is 10.3. The van der Waals surface area contributed by atoms with Crippen molar-refractivity contribution in [2.75, 3.05) is 13.1 Å². The second-order valence-corrected chi connectivity index (χ2v) is 4.70. The van der Waals surface area contributed by atoms with Gasteiger partial charge >= 0.3 is 0 Å². The van der Waals surface area contributed by atoms with Gasteiger partial charge in [0.25, 0.3) is 5.91 Å². The molecule has 0 spiro atoms. The highest BCUT2D eigenvalue weighted by Gasteiger charge is 2.22. The first kappa shape index (κ1) is 13.3. The van der Waals surface area contributed by atoms with Gasteiger partial charge in [0.2, 0.25) is 0 Å². The molecule has 0 aliphatic carbocycles. The molecule has 6 nitrogen and oxygen atoms in total. The van der Waals surface area contributed by atoms with E-state index in [1.54, 1.807) is 29.4 Å². The van der Waals surface area contributed by atoms with E-state index in [0.29, 0.717) is 25.3 Å². The zero-order chi connectivity index (χ0) is 14.7. The molecule has 0 radical (unpaired) electrons. The van der Waals surface area contributed by atoms with Crippen molar-refractivity contribution in [3.8, 4) is 11.8 Å². The Morgan fingerprint density at radius 1 is 1.33 bits per heavy atom. The molecule has 106 valence electrons. The van der Waals surface area contributed by atoms with Crippen LogP contribution in [0.2, 0.25) is 0 Å². The Balaban J connectivity index is 1.74. The van der Waals surface area contributed by atoms with E-state index < -0.39 is 0 Å². The Hall–Kier alpha value is -2.65. The number of hydrogen-bond donors (Lipinski definition) is 1. The molecule has 1 amide bonds. The molecule has 0 unspecified atom stereocenters. The number of nitrogens with zero attached hydrogens (tertiary/aromatic N) is 4. The Morgan fingerprint density at radius 2 is 2.24 bits per heavy atom. The lowest BCUT2D eigenvalue weighted by Gasteiger charge is -2.27. The predicted molar refractivity (Wildman–Crippen MR) is 77.1 cm³/mol. The third kappa shape index (κ3) is 2.78. The van der Waals surface area contributed by atoms with Crippen LogP contribution in [-0.2, 0) is 13.1 Å². The van der Waals surface area contributed by atoms with Gasteiger partial charge in [-0.3, -0.25) is 4.79 Å². The number of fused-ring (bicyclic) bond motifs is 1. The quantitative estimate of drug-likeness (QED) is 0.760. The summed E-state index contributed by atoms with van der Waals surface area (Å²) >= 11 is 0. The van der Waals surface area contributed by atoms with Gasteiger partial charge in [-0.2, -0.15) is 0 Å². The molecule has 3 heterocycles. The monoisotopic (exact) mass is 281 g/mol. The summed E-state index contributed by atoms with van der Waals surface area (Å²) in [6.45, 7) is 2.25. The van der Waals surface area contributed by atoms with E-state index in [0.717, 1.165) is 17.9 Å². The minimum atomic E-state index is -0.0809. The number of amides is 1. The van der Waals surface area contributed by atoms with Crippen LogP contribution in [-0.4, -0.2) is 38.4 Å². The lowest BCUT2D eigenvalue weighted by Crippen LogP contribution is -2.38. The summed E-state index contributed by atoms with van der Waals surface area (Å²) in [6.07, 6.45) is 5.29. The van der Waals surface area contributed by atoms with Crippen molar-refractivity contribution in [2.45, 2.75) is 13.1 Å². The number of hydrogen-bond acceptors (Lipinski definition) is 4. The van der Waals surface area contributed by atoms with Crippen LogP contribution in [0.4, 0.5) is 0 Å². The summed E-state index contributed by atoms with van der Waals surface area (Å²) in [5.74, 6) is 6.46. The van der Waals surface area contributed by atoms with Crippen LogP contribution in [0.15, 0.2) is 30.7 Å². The zero-order valence-electron chi connectivity index (χ0n) is 11.5. The number of pyridine rings is 1. The number of aromatic nitrogens is 3. The molecular formula is C15H15N5O. The van der Waals surface area contributed by atoms with Crippen LogP contribution >= 0.6 is 0 Å². The SMILES string of the molecule is NCC#Cc1ccc(C(=O)N2CCn3ccnc3C2)nc1. The Morgan fingerprint density at radius 3 is 3.00 bits per heavy atom. The average Bonchev–Trinajstić information content (AvgIpc) is 3.00. The molecule has 0 saturated carbocycles. The highest BCUT2D eigenvalue weighted by atomic mass is 16.2. The van der Waals surface area contributed by atoms with Crippen LogP contribution < -0.4 is 5.73 Å². The molecule has 0 aromatic carbocycles. The van der Waals surface area contributed by atoms with Crippen LogP contribution in [0.3, 0.4) is 0 Å². The van der Waals surface area contributed by atoms with Gasteiger partial charge in [-0.15, -0.1) is 0 Å². The van der Waals surface area contributed by atoms with E-state index >= 15 is 0 Å². The molecule has 2 aromatic rings. The fourth-order valence-electron chi connectivity index (χ4n) is 2.26. The summed E-state index contributed by atoms with van der Waals surface area (Å²) in [7, 11) is 0.